The summed E-state index contributed by atoms with van der Waals surface area (Å²) in [6.07, 6.45) is 1.11. The van der Waals surface area contributed by atoms with Crippen molar-refractivity contribution in [3.63, 3.8) is 0 Å². The fraction of sp³-hybridized carbons (Fsp3) is 0.294. The van der Waals surface area contributed by atoms with Gasteiger partial charge in [-0.25, -0.2) is 0 Å². The molecule has 0 heterocycles. The van der Waals surface area contributed by atoms with Gasteiger partial charge < -0.3 is 10.1 Å². The second-order valence-corrected chi connectivity index (χ2v) is 6.93. The molecule has 0 aliphatic carbocycles. The summed E-state index contributed by atoms with van der Waals surface area (Å²) in [7, 11) is 1.69. The summed E-state index contributed by atoms with van der Waals surface area (Å²) in [5.41, 5.74) is 2.51. The van der Waals surface area contributed by atoms with Crippen LogP contribution in [-0.2, 0) is 0 Å². The van der Waals surface area contributed by atoms with Crippen LogP contribution in [0, 0.1) is 3.57 Å². The van der Waals surface area contributed by atoms with E-state index in [0.717, 1.165) is 23.2 Å². The summed E-state index contributed by atoms with van der Waals surface area (Å²) < 4.78 is 7.60. The highest BCUT2D eigenvalue weighted by Crippen LogP contribution is 2.32. The summed E-state index contributed by atoms with van der Waals surface area (Å²) in [6.45, 7) is 3.16. The van der Waals surface area contributed by atoms with E-state index in [1.54, 1.807) is 7.11 Å². The van der Waals surface area contributed by atoms with Crippen molar-refractivity contribution in [2.45, 2.75) is 19.4 Å². The smallest absolute Gasteiger partial charge is 0.120 e. The fourth-order valence-corrected chi connectivity index (χ4v) is 3.41. The molecule has 2 aromatic carbocycles. The number of hydrogen-bond donors (Lipinski definition) is 1. The Bertz CT molecular complexity index is 603. The summed E-state index contributed by atoms with van der Waals surface area (Å²) >= 11 is 6.03. The topological polar surface area (TPSA) is 21.3 Å². The second kappa shape index (κ2) is 8.15. The predicted octanol–water partition coefficient (Wildman–Crippen LogP) is 5.15. The van der Waals surface area contributed by atoms with Gasteiger partial charge in [-0.3, -0.25) is 0 Å². The minimum absolute atomic E-state index is 0.181. The van der Waals surface area contributed by atoms with E-state index in [0.29, 0.717) is 0 Å². The van der Waals surface area contributed by atoms with E-state index in [9.17, 15) is 0 Å². The highest BCUT2D eigenvalue weighted by Gasteiger charge is 2.16. The number of benzene rings is 2. The maximum Gasteiger partial charge on any atom is 0.120 e. The molecule has 2 aromatic rings. The van der Waals surface area contributed by atoms with Crippen LogP contribution in [0.3, 0.4) is 0 Å². The van der Waals surface area contributed by atoms with Gasteiger partial charge in [0.05, 0.1) is 13.2 Å². The molecule has 4 heteroatoms. The summed E-state index contributed by atoms with van der Waals surface area (Å²) in [5.74, 6) is 0.863. The second-order valence-electron chi connectivity index (χ2n) is 4.83. The van der Waals surface area contributed by atoms with E-state index < -0.39 is 0 Å². The third kappa shape index (κ3) is 4.44. The zero-order valence-corrected chi connectivity index (χ0v) is 15.9. The van der Waals surface area contributed by atoms with Crippen molar-refractivity contribution >= 4 is 38.5 Å². The van der Waals surface area contributed by atoms with Gasteiger partial charge in [0.15, 0.2) is 0 Å². The van der Waals surface area contributed by atoms with E-state index >= 15 is 0 Å². The predicted molar refractivity (Wildman–Crippen MR) is 100.0 cm³/mol. The van der Waals surface area contributed by atoms with Crippen molar-refractivity contribution in [3.05, 3.63) is 61.6 Å². The number of nitrogens with one attached hydrogen (secondary N) is 1. The molecule has 21 heavy (non-hydrogen) atoms. The maximum atomic E-state index is 5.28. The van der Waals surface area contributed by atoms with Gasteiger partial charge in [0.2, 0.25) is 0 Å². The van der Waals surface area contributed by atoms with Crippen LogP contribution in [0.2, 0.25) is 0 Å². The van der Waals surface area contributed by atoms with Crippen molar-refractivity contribution in [1.82, 2.24) is 5.32 Å². The zero-order chi connectivity index (χ0) is 15.2. The van der Waals surface area contributed by atoms with E-state index in [1.165, 1.54) is 14.7 Å². The summed E-state index contributed by atoms with van der Waals surface area (Å²) in [4.78, 5) is 0. The van der Waals surface area contributed by atoms with Gasteiger partial charge in [-0.05, 0) is 70.9 Å². The monoisotopic (exact) mass is 459 g/mol. The van der Waals surface area contributed by atoms with Gasteiger partial charge in [0.25, 0.3) is 0 Å². The van der Waals surface area contributed by atoms with Crippen LogP contribution in [0.4, 0.5) is 0 Å². The average molecular weight is 460 g/mol. The average Bonchev–Trinajstić information content (AvgIpc) is 2.49. The third-order valence-electron chi connectivity index (χ3n) is 3.30. The molecule has 0 fully saturated rings. The van der Waals surface area contributed by atoms with Gasteiger partial charge >= 0.3 is 0 Å². The van der Waals surface area contributed by atoms with Crippen LogP contribution in [0.1, 0.15) is 30.5 Å². The molecule has 2 rings (SSSR count). The van der Waals surface area contributed by atoms with E-state index in [2.05, 4.69) is 81.1 Å². The Morgan fingerprint density at radius 3 is 2.67 bits per heavy atom. The molecule has 1 atom stereocenters. The Hall–Kier alpha value is -0.590. The van der Waals surface area contributed by atoms with Gasteiger partial charge in [-0.15, -0.1) is 0 Å². The highest BCUT2D eigenvalue weighted by molar-refractivity contribution is 14.1. The number of ether oxygens (including phenoxy) is 1. The lowest BCUT2D eigenvalue weighted by Gasteiger charge is -2.21. The fourth-order valence-electron chi connectivity index (χ4n) is 2.25. The molecule has 0 aliphatic heterocycles. The standard InChI is InChI=1S/C17H19BrINO/c1-3-9-20-17(12-5-4-6-13(19)10-12)15-8-7-14(21-2)11-16(15)18/h4-8,10-11,17,20H,3,9H2,1-2H3. The minimum Gasteiger partial charge on any atom is -0.497 e. The summed E-state index contributed by atoms with van der Waals surface area (Å²) in [6, 6.07) is 14.9. The molecule has 0 aliphatic rings. The molecule has 2 nitrogen and oxygen atoms in total. The van der Waals surface area contributed by atoms with Crippen LogP contribution in [0.5, 0.6) is 5.75 Å². The Labute approximate surface area is 148 Å². The summed E-state index contributed by atoms with van der Waals surface area (Å²) in [5, 5.41) is 3.63. The number of halogens is 2. The minimum atomic E-state index is 0.181. The first-order valence-electron chi connectivity index (χ1n) is 6.98. The van der Waals surface area contributed by atoms with Crippen LogP contribution in [-0.4, -0.2) is 13.7 Å². The first-order valence-corrected chi connectivity index (χ1v) is 8.85. The molecule has 1 unspecified atom stereocenters. The molecule has 0 bridgehead atoms. The van der Waals surface area contributed by atoms with Gasteiger partial charge in [0, 0.05) is 8.04 Å². The number of hydrogen-bond acceptors (Lipinski definition) is 2. The van der Waals surface area contributed by atoms with Crippen molar-refractivity contribution in [3.8, 4) is 5.75 Å². The first-order chi connectivity index (χ1) is 10.2. The van der Waals surface area contributed by atoms with Crippen molar-refractivity contribution < 1.29 is 4.74 Å². The Balaban J connectivity index is 2.40. The molecule has 1 N–H and O–H groups in total. The van der Waals surface area contributed by atoms with Crippen molar-refractivity contribution in [2.75, 3.05) is 13.7 Å². The Kier molecular flexibility index (Phi) is 6.51. The van der Waals surface area contributed by atoms with E-state index in [-0.39, 0.29) is 6.04 Å². The number of methoxy groups -OCH3 is 1. The van der Waals surface area contributed by atoms with Crippen LogP contribution < -0.4 is 10.1 Å². The third-order valence-corrected chi connectivity index (χ3v) is 4.66. The van der Waals surface area contributed by atoms with Gasteiger partial charge in [0.1, 0.15) is 5.75 Å². The first kappa shape index (κ1) is 16.8. The maximum absolute atomic E-state index is 5.28. The van der Waals surface area contributed by atoms with Crippen LogP contribution in [0.15, 0.2) is 46.9 Å². The normalized spacial score (nSPS) is 12.2. The molecular formula is C17H19BrINO. The van der Waals surface area contributed by atoms with Crippen molar-refractivity contribution in [1.29, 1.82) is 0 Å². The Morgan fingerprint density at radius 2 is 2.05 bits per heavy atom. The largest absolute Gasteiger partial charge is 0.497 e. The highest BCUT2D eigenvalue weighted by atomic mass is 127. The van der Waals surface area contributed by atoms with Crippen LogP contribution >= 0.6 is 38.5 Å². The zero-order valence-electron chi connectivity index (χ0n) is 12.2. The van der Waals surface area contributed by atoms with Crippen molar-refractivity contribution in [2.24, 2.45) is 0 Å². The lowest BCUT2D eigenvalue weighted by molar-refractivity contribution is 0.414. The quantitative estimate of drug-likeness (QED) is 0.603. The van der Waals surface area contributed by atoms with Gasteiger partial charge in [-0.1, -0.05) is 41.1 Å². The van der Waals surface area contributed by atoms with E-state index in [1.807, 2.05) is 12.1 Å². The molecule has 0 radical (unpaired) electrons. The number of rotatable bonds is 6. The molecule has 112 valence electrons. The molecule has 0 saturated heterocycles. The molecule has 0 aromatic heterocycles. The molecule has 0 saturated carbocycles. The van der Waals surface area contributed by atoms with Crippen LogP contribution in [0.25, 0.3) is 0 Å². The molecule has 0 amide bonds. The lowest BCUT2D eigenvalue weighted by Crippen LogP contribution is -2.23. The van der Waals surface area contributed by atoms with E-state index in [4.69, 9.17) is 4.74 Å². The Morgan fingerprint density at radius 1 is 1.24 bits per heavy atom. The SMILES string of the molecule is CCCNC(c1cccc(I)c1)c1ccc(OC)cc1Br. The van der Waals surface area contributed by atoms with Gasteiger partial charge in [-0.2, -0.15) is 0 Å². The molecular weight excluding hydrogens is 441 g/mol. The molecule has 0 spiro atoms. The lowest BCUT2D eigenvalue weighted by atomic mass is 9.98.